The lowest BCUT2D eigenvalue weighted by atomic mass is 9.69. The Morgan fingerprint density at radius 1 is 1.00 bits per heavy atom. The van der Waals surface area contributed by atoms with Crippen LogP contribution in [0, 0.1) is 34.7 Å². The summed E-state index contributed by atoms with van der Waals surface area (Å²) in [6.45, 7) is 6.65. The smallest absolute Gasteiger partial charge is 0.133 e. The third-order valence-electron chi connectivity index (χ3n) is 4.73. The van der Waals surface area contributed by atoms with Crippen LogP contribution in [0.3, 0.4) is 0 Å². The summed E-state index contributed by atoms with van der Waals surface area (Å²) in [6, 6.07) is 1.41. The van der Waals surface area contributed by atoms with Crippen LogP contribution in [0.1, 0.15) is 57.4 Å². The van der Waals surface area contributed by atoms with E-state index >= 15 is 0 Å². The normalized spacial score (nSPS) is 24.9. The van der Waals surface area contributed by atoms with Gasteiger partial charge in [0.25, 0.3) is 0 Å². The van der Waals surface area contributed by atoms with Crippen molar-refractivity contribution >= 4 is 11.6 Å². The van der Waals surface area contributed by atoms with Crippen molar-refractivity contribution in [1.29, 1.82) is 0 Å². The molecule has 1 atom stereocenters. The van der Waals surface area contributed by atoms with Crippen molar-refractivity contribution in [3.8, 4) is 0 Å². The summed E-state index contributed by atoms with van der Waals surface area (Å²) in [5.41, 5.74) is 0.0661. The number of alkyl halides is 1. The van der Waals surface area contributed by atoms with E-state index in [2.05, 4.69) is 20.8 Å². The van der Waals surface area contributed by atoms with E-state index in [-0.39, 0.29) is 16.9 Å². The lowest BCUT2D eigenvalue weighted by Gasteiger charge is -2.38. The fourth-order valence-electron chi connectivity index (χ4n) is 3.33. The summed E-state index contributed by atoms with van der Waals surface area (Å²) in [4.78, 5) is 0. The van der Waals surface area contributed by atoms with Gasteiger partial charge in [-0.2, -0.15) is 0 Å². The Balaban J connectivity index is 2.11. The molecule has 2 rings (SSSR count). The molecule has 0 heterocycles. The van der Waals surface area contributed by atoms with E-state index in [4.69, 9.17) is 11.6 Å². The zero-order valence-corrected chi connectivity index (χ0v) is 13.5. The summed E-state index contributed by atoms with van der Waals surface area (Å²) in [5, 5.41) is -0.730. The van der Waals surface area contributed by atoms with Crippen LogP contribution in [0.25, 0.3) is 0 Å². The summed E-state index contributed by atoms with van der Waals surface area (Å²) in [5.74, 6) is -2.02. The second kappa shape index (κ2) is 6.20. The van der Waals surface area contributed by atoms with E-state index in [9.17, 15) is 13.2 Å². The molecule has 0 spiro atoms. The van der Waals surface area contributed by atoms with Gasteiger partial charge in [-0.1, -0.05) is 20.8 Å². The first kappa shape index (κ1) is 16.7. The molecule has 0 bridgehead atoms. The molecule has 21 heavy (non-hydrogen) atoms. The zero-order valence-electron chi connectivity index (χ0n) is 12.7. The standard InChI is InChI=1S/C17H22ClF3/c1-17(2,3)11-6-4-10(5-7-11)16(18)15-13(20)8-12(19)9-14(15)21/h8-11,16H,4-7H2,1-3H3. The highest BCUT2D eigenvalue weighted by Crippen LogP contribution is 2.46. The van der Waals surface area contributed by atoms with Gasteiger partial charge in [0.1, 0.15) is 17.5 Å². The lowest BCUT2D eigenvalue weighted by Crippen LogP contribution is -2.27. The average molecular weight is 319 g/mol. The highest BCUT2D eigenvalue weighted by molar-refractivity contribution is 6.21. The van der Waals surface area contributed by atoms with E-state index in [0.717, 1.165) is 25.7 Å². The van der Waals surface area contributed by atoms with Gasteiger partial charge in [0.05, 0.1) is 5.38 Å². The molecule has 1 unspecified atom stereocenters. The second-order valence-corrected chi connectivity index (χ2v) is 7.63. The molecule has 1 saturated carbocycles. The van der Waals surface area contributed by atoms with Crippen LogP contribution >= 0.6 is 11.6 Å². The van der Waals surface area contributed by atoms with Crippen LogP contribution in [0.4, 0.5) is 13.2 Å². The fraction of sp³-hybridized carbons (Fsp3) is 0.647. The third kappa shape index (κ3) is 3.74. The van der Waals surface area contributed by atoms with Gasteiger partial charge in [0.15, 0.2) is 0 Å². The molecular formula is C17H22ClF3. The number of hydrogen-bond acceptors (Lipinski definition) is 0. The minimum Gasteiger partial charge on any atom is -0.207 e. The molecule has 0 aliphatic heterocycles. The molecule has 1 aliphatic carbocycles. The van der Waals surface area contributed by atoms with Crippen LogP contribution in [-0.2, 0) is 0 Å². The van der Waals surface area contributed by atoms with Gasteiger partial charge in [0, 0.05) is 17.7 Å². The van der Waals surface area contributed by atoms with Crippen molar-refractivity contribution in [3.63, 3.8) is 0 Å². The summed E-state index contributed by atoms with van der Waals surface area (Å²) in [7, 11) is 0. The minimum atomic E-state index is -0.908. The van der Waals surface area contributed by atoms with Crippen molar-refractivity contribution in [2.24, 2.45) is 17.3 Å². The first-order valence-corrected chi connectivity index (χ1v) is 7.92. The number of benzene rings is 1. The average Bonchev–Trinajstić information content (AvgIpc) is 2.36. The van der Waals surface area contributed by atoms with Gasteiger partial charge in [0.2, 0.25) is 0 Å². The van der Waals surface area contributed by atoms with Crippen LogP contribution in [0.5, 0.6) is 0 Å². The number of halogens is 4. The molecule has 118 valence electrons. The van der Waals surface area contributed by atoms with Gasteiger partial charge in [-0.15, -0.1) is 11.6 Å². The van der Waals surface area contributed by atoms with Gasteiger partial charge in [-0.25, -0.2) is 13.2 Å². The Kier molecular flexibility index (Phi) is 4.92. The maximum atomic E-state index is 13.8. The molecule has 0 amide bonds. The highest BCUT2D eigenvalue weighted by Gasteiger charge is 2.34. The third-order valence-corrected chi connectivity index (χ3v) is 5.30. The Bertz CT molecular complexity index is 476. The summed E-state index contributed by atoms with van der Waals surface area (Å²) >= 11 is 6.31. The first-order valence-electron chi connectivity index (χ1n) is 7.48. The van der Waals surface area contributed by atoms with Crippen LogP contribution in [-0.4, -0.2) is 0 Å². The molecule has 0 N–H and O–H groups in total. The summed E-state index contributed by atoms with van der Waals surface area (Å²) in [6.07, 6.45) is 3.74. The highest BCUT2D eigenvalue weighted by atomic mass is 35.5. The minimum absolute atomic E-state index is 0.0414. The molecule has 4 heteroatoms. The van der Waals surface area contributed by atoms with Crippen molar-refractivity contribution < 1.29 is 13.2 Å². The quantitative estimate of drug-likeness (QED) is 0.566. The van der Waals surface area contributed by atoms with Crippen molar-refractivity contribution in [1.82, 2.24) is 0 Å². The molecule has 0 saturated heterocycles. The fourth-order valence-corrected chi connectivity index (χ4v) is 3.79. The predicted octanol–water partition coefficient (Wildman–Crippen LogP) is 6.24. The van der Waals surface area contributed by atoms with Crippen molar-refractivity contribution in [3.05, 3.63) is 35.1 Å². The molecule has 1 aromatic rings. The lowest BCUT2D eigenvalue weighted by molar-refractivity contribution is 0.147. The van der Waals surface area contributed by atoms with Gasteiger partial charge in [-0.3, -0.25) is 0 Å². The van der Waals surface area contributed by atoms with Gasteiger partial charge in [-0.05, 0) is 42.9 Å². The molecule has 0 aromatic heterocycles. The molecule has 1 aromatic carbocycles. The van der Waals surface area contributed by atoms with Crippen molar-refractivity contribution in [2.45, 2.75) is 51.8 Å². The van der Waals surface area contributed by atoms with Gasteiger partial charge >= 0.3 is 0 Å². The van der Waals surface area contributed by atoms with Crippen LogP contribution < -0.4 is 0 Å². The van der Waals surface area contributed by atoms with E-state index in [1.165, 1.54) is 0 Å². The number of rotatable bonds is 2. The largest absolute Gasteiger partial charge is 0.207 e. The van der Waals surface area contributed by atoms with E-state index in [0.29, 0.717) is 18.1 Å². The number of hydrogen-bond donors (Lipinski definition) is 0. The summed E-state index contributed by atoms with van der Waals surface area (Å²) < 4.78 is 40.6. The van der Waals surface area contributed by atoms with Crippen LogP contribution in [0.15, 0.2) is 12.1 Å². The molecule has 0 nitrogen and oxygen atoms in total. The van der Waals surface area contributed by atoms with Crippen LogP contribution in [0.2, 0.25) is 0 Å². The van der Waals surface area contributed by atoms with E-state index in [1.54, 1.807) is 0 Å². The predicted molar refractivity (Wildman–Crippen MR) is 79.8 cm³/mol. The maximum Gasteiger partial charge on any atom is 0.133 e. The Morgan fingerprint density at radius 3 is 1.90 bits per heavy atom. The zero-order chi connectivity index (χ0) is 15.8. The SMILES string of the molecule is CC(C)(C)C1CCC(C(Cl)c2c(F)cc(F)cc2F)CC1. The van der Waals surface area contributed by atoms with E-state index in [1.807, 2.05) is 0 Å². The van der Waals surface area contributed by atoms with Gasteiger partial charge < -0.3 is 0 Å². The van der Waals surface area contributed by atoms with E-state index < -0.39 is 22.8 Å². The van der Waals surface area contributed by atoms with Crippen molar-refractivity contribution in [2.75, 3.05) is 0 Å². The first-order chi connectivity index (χ1) is 9.70. The second-order valence-electron chi connectivity index (χ2n) is 7.16. The monoisotopic (exact) mass is 318 g/mol. The molecular weight excluding hydrogens is 297 g/mol. The Labute approximate surface area is 129 Å². The topological polar surface area (TPSA) is 0 Å². The maximum absolute atomic E-state index is 13.8. The molecule has 1 fully saturated rings. The Hall–Kier alpha value is -0.700. The Morgan fingerprint density at radius 2 is 1.48 bits per heavy atom. The molecule has 0 radical (unpaired) electrons. The molecule has 1 aliphatic rings.